The standard InChI is InChI=1S/C69H130O6/c1-4-7-10-13-16-19-22-25-27-29-31-33-34-36-37-39-41-44-47-50-53-56-59-62-68(71)74-65-66(64-73-67(70)61-58-55-52-49-46-43-24-21-18-15-12-9-6-3)75-69(72)63-60-57-54-51-48-45-42-40-38-35-32-30-28-26-23-20-17-14-11-8-5-2/h23,26,30,32,66H,4-22,24-25,27-29,31,33-65H2,1-3H3/b26-23-,32-30-. The van der Waals surface area contributed by atoms with Gasteiger partial charge in [0.15, 0.2) is 6.10 Å². The van der Waals surface area contributed by atoms with Crippen molar-refractivity contribution in [2.24, 2.45) is 0 Å². The quantitative estimate of drug-likeness (QED) is 0.0261. The molecule has 6 nitrogen and oxygen atoms in total. The van der Waals surface area contributed by atoms with Crippen LogP contribution < -0.4 is 0 Å². The number of ether oxygens (including phenoxy) is 3. The van der Waals surface area contributed by atoms with E-state index >= 15 is 0 Å². The summed E-state index contributed by atoms with van der Waals surface area (Å²) < 4.78 is 17.0. The molecule has 0 spiro atoms. The van der Waals surface area contributed by atoms with E-state index in [1.807, 2.05) is 0 Å². The lowest BCUT2D eigenvalue weighted by atomic mass is 10.0. The first-order valence-electron chi connectivity index (χ1n) is 33.8. The molecule has 442 valence electrons. The maximum Gasteiger partial charge on any atom is 0.306 e. The molecule has 0 saturated heterocycles. The molecule has 0 heterocycles. The number of rotatable bonds is 63. The Kier molecular flexibility index (Phi) is 62.6. The molecule has 1 atom stereocenters. The number of allylic oxidation sites excluding steroid dienone is 4. The molecule has 0 aromatic rings. The van der Waals surface area contributed by atoms with Gasteiger partial charge in [0.25, 0.3) is 0 Å². The molecule has 0 aliphatic heterocycles. The fourth-order valence-electron chi connectivity index (χ4n) is 10.4. The normalized spacial score (nSPS) is 12.1. The van der Waals surface area contributed by atoms with Gasteiger partial charge in [0.05, 0.1) is 0 Å². The number of esters is 3. The lowest BCUT2D eigenvalue weighted by molar-refractivity contribution is -0.167. The molecule has 0 bridgehead atoms. The van der Waals surface area contributed by atoms with Crippen molar-refractivity contribution in [3.63, 3.8) is 0 Å². The summed E-state index contributed by atoms with van der Waals surface area (Å²) in [5.74, 6) is -0.840. The molecule has 0 N–H and O–H groups in total. The third kappa shape index (κ3) is 62.6. The molecule has 75 heavy (non-hydrogen) atoms. The van der Waals surface area contributed by atoms with E-state index in [2.05, 4.69) is 45.1 Å². The first-order chi connectivity index (χ1) is 37.0. The third-order valence-corrected chi connectivity index (χ3v) is 15.5. The van der Waals surface area contributed by atoms with Crippen molar-refractivity contribution in [3.05, 3.63) is 24.3 Å². The van der Waals surface area contributed by atoms with Gasteiger partial charge in [0.2, 0.25) is 0 Å². The molecule has 1 unspecified atom stereocenters. The van der Waals surface area contributed by atoms with Gasteiger partial charge in [-0.25, -0.2) is 0 Å². The Hall–Kier alpha value is -2.11. The Bertz CT molecular complexity index is 1210. The van der Waals surface area contributed by atoms with Crippen LogP contribution in [-0.4, -0.2) is 37.2 Å². The maximum atomic E-state index is 12.9. The second kappa shape index (κ2) is 64.4. The van der Waals surface area contributed by atoms with Crippen molar-refractivity contribution < 1.29 is 28.6 Å². The van der Waals surface area contributed by atoms with E-state index in [4.69, 9.17) is 14.2 Å². The molecule has 0 saturated carbocycles. The van der Waals surface area contributed by atoms with Crippen LogP contribution in [-0.2, 0) is 28.6 Å². The molecule has 0 aliphatic carbocycles. The van der Waals surface area contributed by atoms with Gasteiger partial charge in [-0.2, -0.15) is 0 Å². The minimum Gasteiger partial charge on any atom is -0.462 e. The SMILES string of the molecule is CCCCCCC/C=C\C/C=C\CCCCCCCCCCCC(=O)OC(COC(=O)CCCCCCCCCCCCCCC)COC(=O)CCCCCCCCCCCCCCCCCCCCCCCCC. The molecule has 0 radical (unpaired) electrons. The number of unbranched alkanes of at least 4 members (excludes halogenated alkanes) is 48. The Morgan fingerprint density at radius 2 is 0.480 bits per heavy atom. The average Bonchev–Trinajstić information content (AvgIpc) is 3.41. The molecule has 0 amide bonds. The highest BCUT2D eigenvalue weighted by Gasteiger charge is 2.19. The van der Waals surface area contributed by atoms with E-state index in [0.717, 1.165) is 64.2 Å². The first-order valence-corrected chi connectivity index (χ1v) is 33.8. The largest absolute Gasteiger partial charge is 0.462 e. The van der Waals surface area contributed by atoms with Crippen molar-refractivity contribution in [1.82, 2.24) is 0 Å². The van der Waals surface area contributed by atoms with Gasteiger partial charge in [-0.1, -0.05) is 334 Å². The summed E-state index contributed by atoms with van der Waals surface area (Å²) in [5, 5.41) is 0. The summed E-state index contributed by atoms with van der Waals surface area (Å²) in [6.07, 6.45) is 77.6. The smallest absolute Gasteiger partial charge is 0.306 e. The number of carbonyl (C=O) groups excluding carboxylic acids is 3. The molecular formula is C69H130O6. The van der Waals surface area contributed by atoms with Crippen LogP contribution in [0.1, 0.15) is 380 Å². The van der Waals surface area contributed by atoms with Gasteiger partial charge in [0, 0.05) is 19.3 Å². The fraction of sp³-hybridized carbons (Fsp3) is 0.899. The summed E-state index contributed by atoms with van der Waals surface area (Å²) in [7, 11) is 0. The van der Waals surface area contributed by atoms with Crippen LogP contribution in [0.15, 0.2) is 24.3 Å². The molecule has 0 fully saturated rings. The highest BCUT2D eigenvalue weighted by Crippen LogP contribution is 2.18. The number of hydrogen-bond donors (Lipinski definition) is 0. The van der Waals surface area contributed by atoms with Crippen LogP contribution in [0.2, 0.25) is 0 Å². The van der Waals surface area contributed by atoms with Crippen molar-refractivity contribution in [3.8, 4) is 0 Å². The van der Waals surface area contributed by atoms with Crippen LogP contribution in [0.4, 0.5) is 0 Å². The monoisotopic (exact) mass is 1050 g/mol. The first kappa shape index (κ1) is 72.9. The zero-order valence-corrected chi connectivity index (χ0v) is 50.8. The van der Waals surface area contributed by atoms with Crippen LogP contribution >= 0.6 is 0 Å². The van der Waals surface area contributed by atoms with Gasteiger partial charge in [-0.15, -0.1) is 0 Å². The average molecular weight is 1060 g/mol. The zero-order chi connectivity index (χ0) is 54.3. The van der Waals surface area contributed by atoms with Gasteiger partial charge in [-0.05, 0) is 51.4 Å². The van der Waals surface area contributed by atoms with Gasteiger partial charge in [-0.3, -0.25) is 14.4 Å². The van der Waals surface area contributed by atoms with Gasteiger partial charge >= 0.3 is 17.9 Å². The Labute approximate surface area is 468 Å². The predicted octanol–water partition coefficient (Wildman–Crippen LogP) is 23.0. The van der Waals surface area contributed by atoms with E-state index in [0.29, 0.717) is 19.3 Å². The van der Waals surface area contributed by atoms with Gasteiger partial charge in [0.1, 0.15) is 13.2 Å². The molecule has 0 aromatic heterocycles. The lowest BCUT2D eigenvalue weighted by Gasteiger charge is -2.18. The fourth-order valence-corrected chi connectivity index (χ4v) is 10.4. The van der Waals surface area contributed by atoms with Crippen LogP contribution in [0, 0.1) is 0 Å². The van der Waals surface area contributed by atoms with Crippen molar-refractivity contribution in [2.75, 3.05) is 13.2 Å². The zero-order valence-electron chi connectivity index (χ0n) is 50.8. The van der Waals surface area contributed by atoms with Crippen LogP contribution in [0.3, 0.4) is 0 Å². The van der Waals surface area contributed by atoms with Crippen LogP contribution in [0.5, 0.6) is 0 Å². The second-order valence-corrected chi connectivity index (χ2v) is 23.1. The van der Waals surface area contributed by atoms with Crippen molar-refractivity contribution >= 4 is 17.9 Å². The van der Waals surface area contributed by atoms with Crippen molar-refractivity contribution in [1.29, 1.82) is 0 Å². The van der Waals surface area contributed by atoms with E-state index in [9.17, 15) is 14.4 Å². The van der Waals surface area contributed by atoms with Gasteiger partial charge < -0.3 is 14.2 Å². The second-order valence-electron chi connectivity index (χ2n) is 23.1. The summed E-state index contributed by atoms with van der Waals surface area (Å²) >= 11 is 0. The predicted molar refractivity (Wildman–Crippen MR) is 326 cm³/mol. The minimum absolute atomic E-state index is 0.0666. The Morgan fingerprint density at radius 3 is 0.733 bits per heavy atom. The summed E-state index contributed by atoms with van der Waals surface area (Å²) in [6, 6.07) is 0. The highest BCUT2D eigenvalue weighted by molar-refractivity contribution is 5.71. The molecule has 0 rings (SSSR count). The highest BCUT2D eigenvalue weighted by atomic mass is 16.6. The topological polar surface area (TPSA) is 78.9 Å². The summed E-state index contributed by atoms with van der Waals surface area (Å²) in [6.45, 7) is 6.70. The molecule has 0 aromatic carbocycles. The van der Waals surface area contributed by atoms with E-state index in [1.54, 1.807) is 0 Å². The summed E-state index contributed by atoms with van der Waals surface area (Å²) in [4.78, 5) is 38.4. The van der Waals surface area contributed by atoms with E-state index in [-0.39, 0.29) is 31.1 Å². The Morgan fingerprint density at radius 1 is 0.267 bits per heavy atom. The van der Waals surface area contributed by atoms with E-state index in [1.165, 1.54) is 276 Å². The molecule has 0 aliphatic rings. The number of carbonyl (C=O) groups is 3. The molecule has 6 heteroatoms. The lowest BCUT2D eigenvalue weighted by Crippen LogP contribution is -2.30. The number of hydrogen-bond acceptors (Lipinski definition) is 6. The molecular weight excluding hydrogens is 925 g/mol. The van der Waals surface area contributed by atoms with Crippen LogP contribution in [0.25, 0.3) is 0 Å². The van der Waals surface area contributed by atoms with Crippen molar-refractivity contribution in [2.45, 2.75) is 386 Å². The third-order valence-electron chi connectivity index (χ3n) is 15.5. The summed E-state index contributed by atoms with van der Waals surface area (Å²) in [5.41, 5.74) is 0. The minimum atomic E-state index is -0.770. The van der Waals surface area contributed by atoms with E-state index < -0.39 is 6.10 Å². The Balaban J connectivity index is 4.25. The maximum absolute atomic E-state index is 12.9.